The normalized spacial score (nSPS) is 28.7. The molecule has 1 heterocycles. The van der Waals surface area contributed by atoms with E-state index in [0.29, 0.717) is 18.7 Å². The molecule has 0 saturated heterocycles. The molecule has 1 aliphatic heterocycles. The average Bonchev–Trinajstić information content (AvgIpc) is 3.21. The lowest BCUT2D eigenvalue weighted by Gasteiger charge is -2.15. The molecule has 2 aliphatic rings. The van der Waals surface area contributed by atoms with Crippen LogP contribution in [0.25, 0.3) is 0 Å². The Morgan fingerprint density at radius 3 is 2.72 bits per heavy atom. The summed E-state index contributed by atoms with van der Waals surface area (Å²) < 4.78 is 27.4. The molecule has 0 bridgehead atoms. The topological polar surface area (TPSA) is 101 Å². The fourth-order valence-electron chi connectivity index (χ4n) is 2.97. The van der Waals surface area contributed by atoms with Gasteiger partial charge in [0.05, 0.1) is 5.69 Å². The van der Waals surface area contributed by atoms with Crippen molar-refractivity contribution in [2.75, 3.05) is 11.9 Å². The van der Waals surface area contributed by atoms with Crippen LogP contribution in [0.3, 0.4) is 0 Å². The lowest BCUT2D eigenvalue weighted by atomic mass is 10.1. The molecule has 4 N–H and O–H groups in total. The van der Waals surface area contributed by atoms with Gasteiger partial charge in [0.25, 0.3) is 15.9 Å². The van der Waals surface area contributed by atoms with Gasteiger partial charge in [0, 0.05) is 12.5 Å². The molecule has 1 aromatic rings. The van der Waals surface area contributed by atoms with Crippen LogP contribution in [0, 0.1) is 5.92 Å². The number of sulfonamides is 1. The molecular weight excluding hydrogens is 362 g/mol. The molecule has 1 aromatic carbocycles. The first-order valence-electron chi connectivity index (χ1n) is 8.29. The highest BCUT2D eigenvalue weighted by Crippen LogP contribution is 2.42. The summed E-state index contributed by atoms with van der Waals surface area (Å²) in [6.45, 7) is 0.688. The van der Waals surface area contributed by atoms with E-state index in [1.54, 1.807) is 18.2 Å². The SMILES string of the molecule is Cl.N[C@]12C[C@H]1C=CCCCCCNc1ccccc1S(=O)(=O)NC2=O. The van der Waals surface area contributed by atoms with Crippen LogP contribution in [0.1, 0.15) is 32.1 Å². The Morgan fingerprint density at radius 1 is 1.16 bits per heavy atom. The minimum atomic E-state index is -3.96. The van der Waals surface area contributed by atoms with E-state index >= 15 is 0 Å². The van der Waals surface area contributed by atoms with Crippen molar-refractivity contribution >= 4 is 34.0 Å². The van der Waals surface area contributed by atoms with Crippen molar-refractivity contribution in [2.24, 2.45) is 11.7 Å². The standard InChI is InChI=1S/C17H23N3O3S.ClH/c18-17-12-13(17)8-4-2-1-3-7-11-19-14-9-5-6-10-15(14)24(22,23)20-16(17)21;/h4-6,8-10,13,19H,1-3,7,11-12,18H2,(H,20,21);1H/t13-,17-;/m1./s1. The number of fused-ring (bicyclic) bond motifs is 2. The van der Waals surface area contributed by atoms with Gasteiger partial charge in [0.1, 0.15) is 10.4 Å². The Hall–Kier alpha value is -1.57. The second-order valence-electron chi connectivity index (χ2n) is 6.49. The Morgan fingerprint density at radius 2 is 1.92 bits per heavy atom. The number of amides is 1. The first-order valence-corrected chi connectivity index (χ1v) is 9.77. The molecule has 6 nitrogen and oxygen atoms in total. The Balaban J connectivity index is 0.00000225. The van der Waals surface area contributed by atoms with E-state index in [9.17, 15) is 13.2 Å². The number of carbonyl (C=O) groups is 1. The third-order valence-electron chi connectivity index (χ3n) is 4.62. The lowest BCUT2D eigenvalue weighted by Crippen LogP contribution is -2.46. The van der Waals surface area contributed by atoms with Gasteiger partial charge in [0.2, 0.25) is 0 Å². The molecule has 0 unspecified atom stereocenters. The van der Waals surface area contributed by atoms with Gasteiger partial charge in [-0.3, -0.25) is 4.79 Å². The van der Waals surface area contributed by atoms with Crippen molar-refractivity contribution in [2.45, 2.75) is 42.5 Å². The van der Waals surface area contributed by atoms with E-state index in [1.165, 1.54) is 6.07 Å². The number of para-hydroxylation sites is 1. The molecule has 0 spiro atoms. The summed E-state index contributed by atoms with van der Waals surface area (Å²) in [5, 5.41) is 3.15. The largest absolute Gasteiger partial charge is 0.384 e. The summed E-state index contributed by atoms with van der Waals surface area (Å²) in [6.07, 6.45) is 8.49. The van der Waals surface area contributed by atoms with Crippen LogP contribution in [0.4, 0.5) is 5.69 Å². The molecule has 1 aliphatic carbocycles. The number of hydrogen-bond donors (Lipinski definition) is 3. The van der Waals surface area contributed by atoms with E-state index in [0.717, 1.165) is 25.7 Å². The van der Waals surface area contributed by atoms with Crippen LogP contribution < -0.4 is 15.8 Å². The number of carbonyl (C=O) groups excluding carboxylic acids is 1. The zero-order valence-electron chi connectivity index (χ0n) is 13.9. The number of anilines is 1. The Labute approximate surface area is 154 Å². The second kappa shape index (κ2) is 7.76. The van der Waals surface area contributed by atoms with Crippen molar-refractivity contribution in [3.63, 3.8) is 0 Å². The molecule has 1 saturated carbocycles. The zero-order valence-corrected chi connectivity index (χ0v) is 15.5. The monoisotopic (exact) mass is 385 g/mol. The Bertz CT molecular complexity index is 766. The number of halogens is 1. The number of allylic oxidation sites excluding steroid dienone is 1. The van der Waals surface area contributed by atoms with Crippen LogP contribution in [0.2, 0.25) is 0 Å². The van der Waals surface area contributed by atoms with Crippen molar-refractivity contribution in [3.8, 4) is 0 Å². The van der Waals surface area contributed by atoms with Crippen molar-refractivity contribution in [1.29, 1.82) is 0 Å². The highest BCUT2D eigenvalue weighted by molar-refractivity contribution is 7.90. The van der Waals surface area contributed by atoms with Gasteiger partial charge in [-0.2, -0.15) is 0 Å². The van der Waals surface area contributed by atoms with E-state index in [2.05, 4.69) is 10.0 Å². The minimum absolute atomic E-state index is 0. The second-order valence-corrected chi connectivity index (χ2v) is 8.14. The van der Waals surface area contributed by atoms with Gasteiger partial charge < -0.3 is 11.1 Å². The molecule has 138 valence electrons. The third kappa shape index (κ3) is 4.34. The van der Waals surface area contributed by atoms with E-state index in [4.69, 9.17) is 5.73 Å². The maximum absolute atomic E-state index is 12.6. The lowest BCUT2D eigenvalue weighted by molar-refractivity contribution is -0.121. The third-order valence-corrected chi connectivity index (χ3v) is 6.01. The molecule has 0 radical (unpaired) electrons. The summed E-state index contributed by atoms with van der Waals surface area (Å²) in [4.78, 5) is 12.4. The van der Waals surface area contributed by atoms with Gasteiger partial charge in [-0.05, 0) is 37.8 Å². The quantitative estimate of drug-likeness (QED) is 0.594. The molecule has 25 heavy (non-hydrogen) atoms. The van der Waals surface area contributed by atoms with Gasteiger partial charge >= 0.3 is 0 Å². The minimum Gasteiger partial charge on any atom is -0.384 e. The summed E-state index contributed by atoms with van der Waals surface area (Å²) >= 11 is 0. The molecule has 1 fully saturated rings. The maximum atomic E-state index is 12.6. The fraction of sp³-hybridized carbons (Fsp3) is 0.471. The summed E-state index contributed by atoms with van der Waals surface area (Å²) in [6, 6.07) is 6.60. The summed E-state index contributed by atoms with van der Waals surface area (Å²) in [7, 11) is -3.96. The van der Waals surface area contributed by atoms with Crippen molar-refractivity contribution in [1.82, 2.24) is 4.72 Å². The van der Waals surface area contributed by atoms with E-state index < -0.39 is 21.5 Å². The smallest absolute Gasteiger partial charge is 0.266 e. The van der Waals surface area contributed by atoms with Gasteiger partial charge in [-0.25, -0.2) is 13.1 Å². The van der Waals surface area contributed by atoms with Crippen molar-refractivity contribution in [3.05, 3.63) is 36.4 Å². The molecule has 0 aromatic heterocycles. The molecule has 1 amide bonds. The van der Waals surface area contributed by atoms with Crippen molar-refractivity contribution < 1.29 is 13.2 Å². The first-order chi connectivity index (χ1) is 11.4. The average molecular weight is 386 g/mol. The predicted octanol–water partition coefficient (Wildman–Crippen LogP) is 2.17. The maximum Gasteiger partial charge on any atom is 0.266 e. The number of hydrogen-bond acceptors (Lipinski definition) is 5. The molecule has 3 rings (SSSR count). The number of benzene rings is 1. The van der Waals surface area contributed by atoms with Crippen LogP contribution >= 0.6 is 12.4 Å². The zero-order chi connectivity index (χ0) is 17.2. The number of nitrogens with two attached hydrogens (primary N) is 1. The van der Waals surface area contributed by atoms with Crippen LogP contribution in [0.15, 0.2) is 41.3 Å². The molecular formula is C17H24ClN3O3S. The van der Waals surface area contributed by atoms with Crippen LogP contribution in [-0.2, 0) is 14.8 Å². The first kappa shape index (κ1) is 19.8. The highest BCUT2D eigenvalue weighted by atomic mass is 35.5. The number of rotatable bonds is 0. The van der Waals surface area contributed by atoms with Gasteiger partial charge in [0.15, 0.2) is 0 Å². The molecule has 8 heteroatoms. The highest BCUT2D eigenvalue weighted by Gasteiger charge is 2.56. The van der Waals surface area contributed by atoms with Gasteiger partial charge in [-0.15, -0.1) is 12.4 Å². The van der Waals surface area contributed by atoms with Gasteiger partial charge in [-0.1, -0.05) is 30.7 Å². The Kier molecular flexibility index (Phi) is 6.13. The van der Waals surface area contributed by atoms with Crippen LogP contribution in [-0.4, -0.2) is 26.4 Å². The van der Waals surface area contributed by atoms with E-state index in [1.807, 2.05) is 12.2 Å². The predicted molar refractivity (Wildman–Crippen MR) is 100 cm³/mol. The van der Waals surface area contributed by atoms with E-state index in [-0.39, 0.29) is 23.2 Å². The number of nitrogens with one attached hydrogen (secondary N) is 2. The van der Waals surface area contributed by atoms with Crippen LogP contribution in [0.5, 0.6) is 0 Å². The summed E-state index contributed by atoms with van der Waals surface area (Å²) in [5.74, 6) is -0.729. The molecule has 2 atom stereocenters. The fourth-order valence-corrected chi connectivity index (χ4v) is 4.20. The summed E-state index contributed by atoms with van der Waals surface area (Å²) in [5.41, 5.74) is 5.46.